The van der Waals surface area contributed by atoms with Crippen molar-refractivity contribution in [3.63, 3.8) is 0 Å². The van der Waals surface area contributed by atoms with Crippen LogP contribution in [0.2, 0.25) is 0 Å². The molecule has 0 aromatic carbocycles. The van der Waals surface area contributed by atoms with Gasteiger partial charge in [0.1, 0.15) is 6.17 Å². The lowest BCUT2D eigenvalue weighted by atomic mass is 10.2. The lowest BCUT2D eigenvalue weighted by Gasteiger charge is -1.96. The molecule has 0 aliphatic carbocycles. The summed E-state index contributed by atoms with van der Waals surface area (Å²) in [5, 5.41) is 8.62. The van der Waals surface area contributed by atoms with Gasteiger partial charge in [-0.1, -0.05) is 0 Å². The van der Waals surface area contributed by atoms with E-state index < -0.39 is 12.1 Å². The molecular weight excluding hydrogens is 207 g/mol. The molecule has 0 bridgehead atoms. The van der Waals surface area contributed by atoms with Crippen LogP contribution in [0, 0.1) is 4.77 Å². The number of imidazole rings is 1. The fourth-order valence-corrected chi connectivity index (χ4v) is 2.06. The molecule has 4 nitrogen and oxygen atoms in total. The second-order valence-corrected chi connectivity index (χ2v) is 3.72. The number of H-pyrrole nitrogens is 1. The fourth-order valence-electron chi connectivity index (χ4n) is 1.75. The van der Waals surface area contributed by atoms with E-state index in [9.17, 15) is 9.18 Å². The Labute approximate surface area is 84.4 Å². The molecule has 2 N–H and O–H groups in total. The van der Waals surface area contributed by atoms with Crippen LogP contribution >= 0.6 is 12.2 Å². The Morgan fingerprint density at radius 2 is 2.50 bits per heavy atom. The number of nitrogens with zero attached hydrogens (tertiary/aromatic N) is 1. The number of aromatic amines is 1. The molecule has 14 heavy (non-hydrogen) atoms. The van der Waals surface area contributed by atoms with Crippen molar-refractivity contribution in [1.82, 2.24) is 9.55 Å². The molecule has 1 aromatic rings. The van der Waals surface area contributed by atoms with Gasteiger partial charge in [0.15, 0.2) is 4.77 Å². The van der Waals surface area contributed by atoms with E-state index in [1.54, 1.807) is 4.57 Å². The number of fused-ring (bicyclic) bond motifs is 1. The van der Waals surface area contributed by atoms with Gasteiger partial charge >= 0.3 is 5.97 Å². The maximum absolute atomic E-state index is 13.0. The molecule has 0 amide bonds. The summed E-state index contributed by atoms with van der Waals surface area (Å²) >= 11 is 4.95. The van der Waals surface area contributed by atoms with Crippen LogP contribution in [-0.4, -0.2) is 26.8 Å². The maximum Gasteiger partial charge on any atom is 0.309 e. The minimum absolute atomic E-state index is 0.126. The number of alkyl halides is 1. The highest BCUT2D eigenvalue weighted by molar-refractivity contribution is 7.71. The fraction of sp³-hybridized carbons (Fsp3) is 0.500. The van der Waals surface area contributed by atoms with Gasteiger partial charge in [0, 0.05) is 17.8 Å². The Bertz CT molecular complexity index is 437. The van der Waals surface area contributed by atoms with Gasteiger partial charge in [-0.2, -0.15) is 0 Å². The molecule has 76 valence electrons. The van der Waals surface area contributed by atoms with Gasteiger partial charge in [-0.3, -0.25) is 4.79 Å². The van der Waals surface area contributed by atoms with Gasteiger partial charge < -0.3 is 14.7 Å². The largest absolute Gasteiger partial charge is 0.481 e. The van der Waals surface area contributed by atoms with Crippen LogP contribution in [0.25, 0.3) is 0 Å². The molecule has 1 aliphatic rings. The second kappa shape index (κ2) is 3.20. The molecule has 0 saturated heterocycles. The first kappa shape index (κ1) is 9.39. The smallest absolute Gasteiger partial charge is 0.309 e. The van der Waals surface area contributed by atoms with Crippen molar-refractivity contribution in [3.8, 4) is 0 Å². The number of carboxylic acids is 1. The third kappa shape index (κ3) is 1.45. The number of hydrogen-bond donors (Lipinski definition) is 2. The molecule has 0 unspecified atom stereocenters. The van der Waals surface area contributed by atoms with Crippen molar-refractivity contribution in [2.24, 2.45) is 0 Å². The van der Waals surface area contributed by atoms with Crippen LogP contribution in [0.5, 0.6) is 0 Å². The highest BCUT2D eigenvalue weighted by Gasteiger charge is 2.25. The second-order valence-electron chi connectivity index (χ2n) is 3.34. The maximum atomic E-state index is 13.0. The highest BCUT2D eigenvalue weighted by Crippen LogP contribution is 2.22. The molecule has 1 aromatic heterocycles. The monoisotopic (exact) mass is 216 g/mol. The van der Waals surface area contributed by atoms with E-state index in [1.165, 1.54) is 0 Å². The standard InChI is InChI=1S/C8H9FN2O2S/c9-4-1-6-5(2-7(12)13)10-8(14)11(6)3-4/h4H,1-3H2,(H,10,14)(H,12,13)/t4-/m1/s1. The van der Waals surface area contributed by atoms with Crippen LogP contribution in [-0.2, 0) is 24.2 Å². The van der Waals surface area contributed by atoms with Crippen molar-refractivity contribution in [3.05, 3.63) is 16.2 Å². The molecule has 2 rings (SSSR count). The zero-order valence-electron chi connectivity index (χ0n) is 7.29. The molecule has 0 saturated carbocycles. The Hall–Kier alpha value is -1.17. The number of halogens is 1. The van der Waals surface area contributed by atoms with Crippen LogP contribution in [0.15, 0.2) is 0 Å². The van der Waals surface area contributed by atoms with E-state index >= 15 is 0 Å². The van der Waals surface area contributed by atoms with Crippen molar-refractivity contribution in [2.45, 2.75) is 25.6 Å². The topological polar surface area (TPSA) is 58.0 Å². The lowest BCUT2D eigenvalue weighted by Crippen LogP contribution is -2.04. The van der Waals surface area contributed by atoms with Crippen LogP contribution in [0.1, 0.15) is 11.4 Å². The quantitative estimate of drug-likeness (QED) is 0.727. The summed E-state index contributed by atoms with van der Waals surface area (Å²) in [7, 11) is 0. The van der Waals surface area contributed by atoms with Gasteiger partial charge in [0.25, 0.3) is 0 Å². The molecule has 1 atom stereocenters. The summed E-state index contributed by atoms with van der Waals surface area (Å²) < 4.78 is 15.1. The van der Waals surface area contributed by atoms with E-state index in [2.05, 4.69) is 4.98 Å². The average molecular weight is 216 g/mol. The molecule has 0 spiro atoms. The number of carboxylic acid groups (broad SMARTS) is 1. The SMILES string of the molecule is O=C(O)Cc1[nH]c(=S)n2c1C[C@@H](F)C2. The summed E-state index contributed by atoms with van der Waals surface area (Å²) in [5.74, 6) is -0.938. The van der Waals surface area contributed by atoms with Crippen LogP contribution < -0.4 is 0 Å². The summed E-state index contributed by atoms with van der Waals surface area (Å²) in [4.78, 5) is 13.3. The van der Waals surface area contributed by atoms with Crippen molar-refractivity contribution < 1.29 is 14.3 Å². The van der Waals surface area contributed by atoms with Gasteiger partial charge in [-0.25, -0.2) is 4.39 Å². The van der Waals surface area contributed by atoms with Crippen molar-refractivity contribution in [2.75, 3.05) is 0 Å². The normalized spacial score (nSPS) is 19.6. The van der Waals surface area contributed by atoms with E-state index in [0.29, 0.717) is 16.2 Å². The first-order valence-electron chi connectivity index (χ1n) is 4.24. The predicted molar refractivity (Wildman–Crippen MR) is 49.6 cm³/mol. The van der Waals surface area contributed by atoms with Gasteiger partial charge in [0.2, 0.25) is 0 Å². The van der Waals surface area contributed by atoms with E-state index in [0.717, 1.165) is 0 Å². The predicted octanol–water partition coefficient (Wildman–Crippen LogP) is 1.07. The molecular formula is C8H9FN2O2S. The third-order valence-electron chi connectivity index (χ3n) is 2.30. The van der Waals surface area contributed by atoms with Crippen LogP contribution in [0.3, 0.4) is 0 Å². The Balaban J connectivity index is 2.40. The molecule has 6 heteroatoms. The first-order valence-corrected chi connectivity index (χ1v) is 4.65. The molecule has 1 aliphatic heterocycles. The summed E-state index contributed by atoms with van der Waals surface area (Å²) in [6.07, 6.45) is -0.803. The molecule has 0 radical (unpaired) electrons. The number of aliphatic carboxylic acids is 1. The molecule has 0 fully saturated rings. The lowest BCUT2D eigenvalue weighted by molar-refractivity contribution is -0.136. The average Bonchev–Trinajstić information content (AvgIpc) is 2.54. The molecule has 2 heterocycles. The first-order chi connectivity index (χ1) is 6.58. The van der Waals surface area contributed by atoms with Crippen LogP contribution in [0.4, 0.5) is 4.39 Å². The number of aromatic nitrogens is 2. The Morgan fingerprint density at radius 1 is 1.79 bits per heavy atom. The minimum Gasteiger partial charge on any atom is -0.481 e. The number of nitrogens with one attached hydrogen (secondary N) is 1. The summed E-state index contributed by atoms with van der Waals surface area (Å²) in [6, 6.07) is 0. The zero-order valence-corrected chi connectivity index (χ0v) is 8.10. The summed E-state index contributed by atoms with van der Waals surface area (Å²) in [6.45, 7) is 0.240. The number of carbonyl (C=O) groups is 1. The minimum atomic E-state index is -0.938. The van der Waals surface area contributed by atoms with Gasteiger partial charge in [-0.15, -0.1) is 0 Å². The highest BCUT2D eigenvalue weighted by atomic mass is 32.1. The zero-order chi connectivity index (χ0) is 10.3. The Kier molecular flexibility index (Phi) is 2.14. The van der Waals surface area contributed by atoms with E-state index in [-0.39, 0.29) is 19.4 Å². The van der Waals surface area contributed by atoms with Gasteiger partial charge in [0.05, 0.1) is 13.0 Å². The Morgan fingerprint density at radius 3 is 3.14 bits per heavy atom. The number of hydrogen-bond acceptors (Lipinski definition) is 2. The van der Waals surface area contributed by atoms with E-state index in [4.69, 9.17) is 17.3 Å². The number of rotatable bonds is 2. The summed E-state index contributed by atoms with van der Waals surface area (Å²) in [5.41, 5.74) is 1.23. The third-order valence-corrected chi connectivity index (χ3v) is 2.62. The van der Waals surface area contributed by atoms with Gasteiger partial charge in [-0.05, 0) is 12.2 Å². The van der Waals surface area contributed by atoms with E-state index in [1.807, 2.05) is 0 Å². The van der Waals surface area contributed by atoms with Crippen molar-refractivity contribution >= 4 is 18.2 Å². The van der Waals surface area contributed by atoms with Crippen molar-refractivity contribution in [1.29, 1.82) is 0 Å².